The van der Waals surface area contributed by atoms with Crippen molar-refractivity contribution < 1.29 is 22.4 Å². The topological polar surface area (TPSA) is 108 Å². The third-order valence-electron chi connectivity index (χ3n) is 6.11. The monoisotopic (exact) mass is 474 g/mol. The van der Waals surface area contributed by atoms with E-state index < -0.39 is 16.1 Å². The molecule has 2 amide bonds. The lowest BCUT2D eigenvalue weighted by Crippen LogP contribution is -2.58. The van der Waals surface area contributed by atoms with Crippen molar-refractivity contribution in [2.75, 3.05) is 13.1 Å². The summed E-state index contributed by atoms with van der Waals surface area (Å²) in [5.41, 5.74) is 0.808. The van der Waals surface area contributed by atoms with Gasteiger partial charge >= 0.3 is 0 Å². The zero-order valence-electron chi connectivity index (χ0n) is 18.0. The van der Waals surface area contributed by atoms with Crippen molar-refractivity contribution in [3.63, 3.8) is 0 Å². The Kier molecular flexibility index (Phi) is 7.06. The minimum atomic E-state index is -3.68. The smallest absolute Gasteiger partial charge is 0.240 e. The van der Waals surface area contributed by atoms with E-state index in [0.717, 1.165) is 5.56 Å². The van der Waals surface area contributed by atoms with Crippen LogP contribution in [0.2, 0.25) is 0 Å². The van der Waals surface area contributed by atoms with Crippen LogP contribution in [0.25, 0.3) is 0 Å². The highest BCUT2D eigenvalue weighted by atomic mass is 32.2. The van der Waals surface area contributed by atoms with Crippen LogP contribution in [0.4, 0.5) is 4.39 Å². The molecule has 0 saturated carbocycles. The van der Waals surface area contributed by atoms with Crippen LogP contribution < -0.4 is 15.4 Å². The Hall–Kier alpha value is -2.82. The van der Waals surface area contributed by atoms with Crippen LogP contribution in [0.5, 0.6) is 0 Å². The minimum Gasteiger partial charge on any atom is -0.353 e. The molecule has 2 aromatic rings. The van der Waals surface area contributed by atoms with Crippen molar-refractivity contribution in [2.24, 2.45) is 0 Å². The average Bonchev–Trinajstić information content (AvgIpc) is 3.23. The zero-order valence-corrected chi connectivity index (χ0v) is 18.9. The molecule has 2 aromatic carbocycles. The largest absolute Gasteiger partial charge is 0.353 e. The van der Waals surface area contributed by atoms with E-state index in [4.69, 9.17) is 0 Å². The first-order chi connectivity index (χ1) is 15.8. The molecule has 0 aliphatic carbocycles. The SMILES string of the molecule is O=C(CCC1CNC(=O)C2CC(NS(=O)(=O)c3ccccc3)CN12)NCc1ccc(F)cc1. The zero-order chi connectivity index (χ0) is 23.4. The highest BCUT2D eigenvalue weighted by Gasteiger charge is 2.44. The molecule has 2 heterocycles. The Morgan fingerprint density at radius 2 is 1.85 bits per heavy atom. The predicted molar refractivity (Wildman–Crippen MR) is 120 cm³/mol. The molecule has 0 spiro atoms. The number of rotatable bonds is 8. The average molecular weight is 475 g/mol. The van der Waals surface area contributed by atoms with Crippen molar-refractivity contribution in [3.05, 3.63) is 66.0 Å². The fourth-order valence-electron chi connectivity index (χ4n) is 4.41. The molecule has 10 heteroatoms. The number of carbonyl (C=O) groups excluding carboxylic acids is 2. The molecule has 3 N–H and O–H groups in total. The summed E-state index contributed by atoms with van der Waals surface area (Å²) in [6, 6.07) is 13.2. The lowest BCUT2D eigenvalue weighted by atomic mass is 10.0. The highest BCUT2D eigenvalue weighted by Crippen LogP contribution is 2.27. The van der Waals surface area contributed by atoms with Gasteiger partial charge in [0.05, 0.1) is 10.9 Å². The molecule has 3 atom stereocenters. The van der Waals surface area contributed by atoms with Gasteiger partial charge in [-0.1, -0.05) is 30.3 Å². The van der Waals surface area contributed by atoms with Gasteiger partial charge in [-0.3, -0.25) is 14.5 Å². The van der Waals surface area contributed by atoms with E-state index in [-0.39, 0.29) is 41.0 Å². The first kappa shape index (κ1) is 23.3. The molecule has 3 unspecified atom stereocenters. The molecule has 176 valence electrons. The van der Waals surface area contributed by atoms with Gasteiger partial charge in [0.2, 0.25) is 21.8 Å². The van der Waals surface area contributed by atoms with Gasteiger partial charge in [-0.2, -0.15) is 0 Å². The van der Waals surface area contributed by atoms with E-state index in [1.54, 1.807) is 30.3 Å². The summed E-state index contributed by atoms with van der Waals surface area (Å²) in [5, 5.41) is 5.71. The molecule has 2 fully saturated rings. The van der Waals surface area contributed by atoms with Crippen LogP contribution in [-0.4, -0.2) is 56.3 Å². The Labute approximate surface area is 192 Å². The number of piperazine rings is 1. The van der Waals surface area contributed by atoms with Crippen molar-refractivity contribution in [1.82, 2.24) is 20.3 Å². The Morgan fingerprint density at radius 1 is 1.12 bits per heavy atom. The van der Waals surface area contributed by atoms with Gasteiger partial charge in [0.1, 0.15) is 5.82 Å². The number of halogens is 1. The molecule has 0 bridgehead atoms. The number of carbonyl (C=O) groups is 2. The molecule has 2 aliphatic rings. The van der Waals surface area contributed by atoms with Crippen LogP contribution in [-0.2, 0) is 26.2 Å². The van der Waals surface area contributed by atoms with Gasteiger partial charge in [-0.05, 0) is 42.7 Å². The molecule has 0 aromatic heterocycles. The van der Waals surface area contributed by atoms with Crippen LogP contribution in [0, 0.1) is 5.82 Å². The number of benzene rings is 2. The van der Waals surface area contributed by atoms with Gasteiger partial charge in [0, 0.05) is 38.1 Å². The summed E-state index contributed by atoms with van der Waals surface area (Å²) in [7, 11) is -3.68. The number of nitrogens with zero attached hydrogens (tertiary/aromatic N) is 1. The lowest BCUT2D eigenvalue weighted by Gasteiger charge is -2.37. The number of hydrogen-bond acceptors (Lipinski definition) is 5. The van der Waals surface area contributed by atoms with Gasteiger partial charge < -0.3 is 10.6 Å². The molecular formula is C23H27FN4O4S. The second-order valence-corrected chi connectivity index (χ2v) is 10.1. The first-order valence-corrected chi connectivity index (χ1v) is 12.4. The minimum absolute atomic E-state index is 0.0597. The number of hydrogen-bond donors (Lipinski definition) is 3. The maximum atomic E-state index is 13.0. The highest BCUT2D eigenvalue weighted by molar-refractivity contribution is 7.89. The second-order valence-electron chi connectivity index (χ2n) is 8.42. The molecular weight excluding hydrogens is 447 g/mol. The maximum Gasteiger partial charge on any atom is 0.240 e. The predicted octanol–water partition coefficient (Wildman–Crippen LogP) is 1.14. The summed E-state index contributed by atoms with van der Waals surface area (Å²) in [5.74, 6) is -0.573. The fraction of sp³-hybridized carbons (Fsp3) is 0.391. The summed E-state index contributed by atoms with van der Waals surface area (Å²) < 4.78 is 41.1. The Bertz CT molecular complexity index is 1100. The van der Waals surface area contributed by atoms with Crippen molar-refractivity contribution in [2.45, 2.75) is 48.8 Å². The summed E-state index contributed by atoms with van der Waals surface area (Å²) in [6.07, 6.45) is 1.18. The fourth-order valence-corrected chi connectivity index (χ4v) is 5.67. The van der Waals surface area contributed by atoms with Gasteiger partial charge in [0.25, 0.3) is 0 Å². The third kappa shape index (κ3) is 5.76. The molecule has 0 radical (unpaired) electrons. The quantitative estimate of drug-likeness (QED) is 0.532. The van der Waals surface area contributed by atoms with Gasteiger partial charge in [0.15, 0.2) is 0 Å². The van der Waals surface area contributed by atoms with Gasteiger partial charge in [-0.25, -0.2) is 17.5 Å². The van der Waals surface area contributed by atoms with Crippen molar-refractivity contribution in [3.8, 4) is 0 Å². The third-order valence-corrected chi connectivity index (χ3v) is 7.64. The van der Waals surface area contributed by atoms with E-state index >= 15 is 0 Å². The van der Waals surface area contributed by atoms with Crippen molar-refractivity contribution >= 4 is 21.8 Å². The Balaban J connectivity index is 1.31. The van der Waals surface area contributed by atoms with Crippen LogP contribution in [0.3, 0.4) is 0 Å². The van der Waals surface area contributed by atoms with Crippen molar-refractivity contribution in [1.29, 1.82) is 0 Å². The molecule has 2 aliphatic heterocycles. The second kappa shape index (κ2) is 9.98. The number of fused-ring (bicyclic) bond motifs is 1. The normalized spacial score (nSPS) is 23.1. The summed E-state index contributed by atoms with van der Waals surface area (Å²) in [4.78, 5) is 26.9. The van der Waals surface area contributed by atoms with E-state index in [2.05, 4.69) is 15.4 Å². The number of nitrogens with one attached hydrogen (secondary N) is 3. The molecule has 2 saturated heterocycles. The van der Waals surface area contributed by atoms with Crippen LogP contribution in [0.15, 0.2) is 59.5 Å². The van der Waals surface area contributed by atoms with Crippen LogP contribution >= 0.6 is 0 Å². The lowest BCUT2D eigenvalue weighted by molar-refractivity contribution is -0.129. The number of amides is 2. The standard InChI is InChI=1S/C23H27FN4O4S/c24-17-8-6-16(7-9-17)13-25-22(29)11-10-19-14-26-23(30)21-12-18(15-28(19)21)27-33(31,32)20-4-2-1-3-5-20/h1-9,18-19,21,27H,10-15H2,(H,25,29)(H,26,30). The molecule has 33 heavy (non-hydrogen) atoms. The van der Waals surface area contributed by atoms with E-state index in [9.17, 15) is 22.4 Å². The number of sulfonamides is 1. The van der Waals surface area contributed by atoms with Gasteiger partial charge in [-0.15, -0.1) is 0 Å². The van der Waals surface area contributed by atoms with E-state index in [1.165, 1.54) is 24.3 Å². The molecule has 4 rings (SSSR count). The first-order valence-electron chi connectivity index (χ1n) is 10.9. The summed E-state index contributed by atoms with van der Waals surface area (Å²) in [6.45, 7) is 1.14. The van der Waals surface area contributed by atoms with Crippen LogP contribution in [0.1, 0.15) is 24.8 Å². The van der Waals surface area contributed by atoms with E-state index in [1.807, 2.05) is 4.90 Å². The van der Waals surface area contributed by atoms with E-state index in [0.29, 0.717) is 32.5 Å². The maximum absolute atomic E-state index is 13.0. The summed E-state index contributed by atoms with van der Waals surface area (Å²) >= 11 is 0. The Morgan fingerprint density at radius 3 is 2.58 bits per heavy atom. The molecule has 8 nitrogen and oxygen atoms in total.